The molecule has 2 amide bonds. The van der Waals surface area contributed by atoms with E-state index in [-0.39, 0.29) is 11.9 Å². The van der Waals surface area contributed by atoms with Crippen molar-refractivity contribution in [2.24, 2.45) is 5.92 Å². The minimum atomic E-state index is -0.800. The normalized spacial score (nSPS) is 19.9. The molecule has 92 valence electrons. The van der Waals surface area contributed by atoms with Gasteiger partial charge in [0, 0.05) is 26.7 Å². The van der Waals surface area contributed by atoms with Crippen LogP contribution in [0.5, 0.6) is 0 Å². The maximum Gasteiger partial charge on any atom is 0.319 e. The van der Waals surface area contributed by atoms with Crippen LogP contribution in [-0.2, 0) is 4.79 Å². The number of likely N-dealkylation sites (tertiary alicyclic amines) is 1. The van der Waals surface area contributed by atoms with Gasteiger partial charge in [-0.05, 0) is 12.8 Å². The van der Waals surface area contributed by atoms with Gasteiger partial charge in [0.2, 0.25) is 0 Å². The molecule has 1 heterocycles. The molecule has 0 saturated carbocycles. The van der Waals surface area contributed by atoms with Crippen molar-refractivity contribution in [2.45, 2.75) is 26.2 Å². The van der Waals surface area contributed by atoms with Crippen molar-refractivity contribution in [3.8, 4) is 0 Å². The van der Waals surface area contributed by atoms with E-state index in [4.69, 9.17) is 5.11 Å². The number of aliphatic carboxylic acids is 1. The SMILES string of the molecule is CCCCN(C)C(=O)N1CCC(C(=O)O)C1. The van der Waals surface area contributed by atoms with Crippen molar-refractivity contribution in [1.29, 1.82) is 0 Å². The molecule has 0 spiro atoms. The summed E-state index contributed by atoms with van der Waals surface area (Å²) in [6, 6.07) is -0.0443. The molecule has 16 heavy (non-hydrogen) atoms. The van der Waals surface area contributed by atoms with Gasteiger partial charge in [-0.3, -0.25) is 4.79 Å². The van der Waals surface area contributed by atoms with Crippen LogP contribution in [0.25, 0.3) is 0 Å². The van der Waals surface area contributed by atoms with Crippen LogP contribution >= 0.6 is 0 Å². The van der Waals surface area contributed by atoms with Crippen molar-refractivity contribution < 1.29 is 14.7 Å². The molecular weight excluding hydrogens is 208 g/mol. The summed E-state index contributed by atoms with van der Waals surface area (Å²) in [6.07, 6.45) is 2.61. The number of rotatable bonds is 4. The maximum atomic E-state index is 11.9. The predicted octanol–water partition coefficient (Wildman–Crippen LogP) is 1.24. The molecular formula is C11H20N2O3. The minimum Gasteiger partial charge on any atom is -0.481 e. The van der Waals surface area contributed by atoms with Crippen LogP contribution in [0, 0.1) is 5.92 Å². The second-order valence-corrected chi connectivity index (χ2v) is 4.33. The van der Waals surface area contributed by atoms with E-state index in [1.807, 2.05) is 0 Å². The number of hydrogen-bond donors (Lipinski definition) is 1. The van der Waals surface area contributed by atoms with E-state index >= 15 is 0 Å². The van der Waals surface area contributed by atoms with Crippen molar-refractivity contribution in [3.63, 3.8) is 0 Å². The molecule has 5 heteroatoms. The molecule has 1 N–H and O–H groups in total. The molecule has 1 aliphatic heterocycles. The largest absolute Gasteiger partial charge is 0.481 e. The van der Waals surface area contributed by atoms with Gasteiger partial charge in [0.1, 0.15) is 0 Å². The molecule has 1 rings (SSSR count). The first-order valence-electron chi connectivity index (χ1n) is 5.79. The van der Waals surface area contributed by atoms with Gasteiger partial charge in [-0.15, -0.1) is 0 Å². The number of urea groups is 1. The average Bonchev–Trinajstić information content (AvgIpc) is 2.74. The third kappa shape index (κ3) is 3.12. The molecule has 0 aromatic heterocycles. The fourth-order valence-corrected chi connectivity index (χ4v) is 1.87. The van der Waals surface area contributed by atoms with Crippen LogP contribution < -0.4 is 0 Å². The van der Waals surface area contributed by atoms with E-state index in [2.05, 4.69) is 6.92 Å². The number of unbranched alkanes of at least 4 members (excludes halogenated alkanes) is 1. The zero-order valence-corrected chi connectivity index (χ0v) is 9.98. The molecule has 0 bridgehead atoms. The third-order valence-electron chi connectivity index (χ3n) is 2.98. The van der Waals surface area contributed by atoms with Crippen LogP contribution in [0.15, 0.2) is 0 Å². The van der Waals surface area contributed by atoms with Crippen molar-refractivity contribution >= 4 is 12.0 Å². The number of carbonyl (C=O) groups is 2. The molecule has 1 atom stereocenters. The predicted molar refractivity (Wildman–Crippen MR) is 60.2 cm³/mol. The fraction of sp³-hybridized carbons (Fsp3) is 0.818. The van der Waals surface area contributed by atoms with Crippen molar-refractivity contribution in [3.05, 3.63) is 0 Å². The number of nitrogens with zero attached hydrogens (tertiary/aromatic N) is 2. The summed E-state index contributed by atoms with van der Waals surface area (Å²) in [5.41, 5.74) is 0. The topological polar surface area (TPSA) is 60.9 Å². The monoisotopic (exact) mass is 228 g/mol. The zero-order valence-electron chi connectivity index (χ0n) is 9.98. The summed E-state index contributed by atoms with van der Waals surface area (Å²) in [5, 5.41) is 8.84. The van der Waals surface area contributed by atoms with E-state index in [1.54, 1.807) is 16.8 Å². The molecule has 1 aliphatic rings. The van der Waals surface area contributed by atoms with Crippen molar-refractivity contribution in [2.75, 3.05) is 26.7 Å². The van der Waals surface area contributed by atoms with E-state index in [9.17, 15) is 9.59 Å². The molecule has 1 fully saturated rings. The highest BCUT2D eigenvalue weighted by atomic mass is 16.4. The summed E-state index contributed by atoms with van der Waals surface area (Å²) in [4.78, 5) is 25.9. The minimum absolute atomic E-state index is 0.0443. The number of amides is 2. The Balaban J connectivity index is 2.41. The number of carboxylic acid groups (broad SMARTS) is 1. The highest BCUT2D eigenvalue weighted by Gasteiger charge is 2.31. The Morgan fingerprint density at radius 1 is 1.50 bits per heavy atom. The summed E-state index contributed by atoms with van der Waals surface area (Å²) in [7, 11) is 1.77. The molecule has 1 unspecified atom stereocenters. The molecule has 0 aromatic rings. The molecule has 5 nitrogen and oxygen atoms in total. The lowest BCUT2D eigenvalue weighted by Gasteiger charge is -2.24. The quantitative estimate of drug-likeness (QED) is 0.787. The lowest BCUT2D eigenvalue weighted by molar-refractivity contribution is -0.141. The van der Waals surface area contributed by atoms with Gasteiger partial charge in [-0.1, -0.05) is 13.3 Å². The Labute approximate surface area is 96.0 Å². The lowest BCUT2D eigenvalue weighted by atomic mass is 10.1. The third-order valence-corrected chi connectivity index (χ3v) is 2.98. The smallest absolute Gasteiger partial charge is 0.319 e. The van der Waals surface area contributed by atoms with E-state index in [0.29, 0.717) is 19.5 Å². The van der Waals surface area contributed by atoms with E-state index in [1.165, 1.54) is 0 Å². The molecule has 1 saturated heterocycles. The van der Waals surface area contributed by atoms with Gasteiger partial charge in [0.05, 0.1) is 5.92 Å². The Hall–Kier alpha value is -1.26. The van der Waals surface area contributed by atoms with Crippen LogP contribution in [0.3, 0.4) is 0 Å². The first-order chi connectivity index (χ1) is 7.56. The van der Waals surface area contributed by atoms with Crippen LogP contribution in [-0.4, -0.2) is 53.6 Å². The van der Waals surface area contributed by atoms with Gasteiger partial charge in [-0.25, -0.2) is 4.79 Å². The second kappa shape index (κ2) is 5.72. The van der Waals surface area contributed by atoms with Gasteiger partial charge in [-0.2, -0.15) is 0 Å². The van der Waals surface area contributed by atoms with Gasteiger partial charge in [0.25, 0.3) is 0 Å². The lowest BCUT2D eigenvalue weighted by Crippen LogP contribution is -2.40. The number of carboxylic acids is 1. The molecule has 0 aromatic carbocycles. The zero-order chi connectivity index (χ0) is 12.1. The Bertz CT molecular complexity index is 268. The van der Waals surface area contributed by atoms with Gasteiger partial charge < -0.3 is 14.9 Å². The molecule has 0 radical (unpaired) electrons. The van der Waals surface area contributed by atoms with Crippen LogP contribution in [0.4, 0.5) is 4.79 Å². The van der Waals surface area contributed by atoms with Crippen molar-refractivity contribution in [1.82, 2.24) is 9.80 Å². The van der Waals surface area contributed by atoms with E-state index < -0.39 is 5.97 Å². The Morgan fingerprint density at radius 3 is 2.69 bits per heavy atom. The Kier molecular flexibility index (Phi) is 4.58. The summed E-state index contributed by atoms with van der Waals surface area (Å²) in [5.74, 6) is -1.19. The highest BCUT2D eigenvalue weighted by Crippen LogP contribution is 2.17. The highest BCUT2D eigenvalue weighted by molar-refractivity contribution is 5.77. The maximum absolute atomic E-state index is 11.9. The average molecular weight is 228 g/mol. The first-order valence-corrected chi connectivity index (χ1v) is 5.79. The Morgan fingerprint density at radius 2 is 2.19 bits per heavy atom. The standard InChI is InChI=1S/C11H20N2O3/c1-3-4-6-12(2)11(16)13-7-5-9(8-13)10(14)15/h9H,3-8H2,1-2H3,(H,14,15). The van der Waals surface area contributed by atoms with Crippen LogP contribution in [0.1, 0.15) is 26.2 Å². The van der Waals surface area contributed by atoms with Gasteiger partial charge >= 0.3 is 12.0 Å². The van der Waals surface area contributed by atoms with Gasteiger partial charge in [0.15, 0.2) is 0 Å². The fourth-order valence-electron chi connectivity index (χ4n) is 1.87. The number of hydrogen-bond acceptors (Lipinski definition) is 2. The molecule has 0 aliphatic carbocycles. The number of carbonyl (C=O) groups excluding carboxylic acids is 1. The summed E-state index contributed by atoms with van der Waals surface area (Å²) >= 11 is 0. The van der Waals surface area contributed by atoms with Crippen LogP contribution in [0.2, 0.25) is 0 Å². The summed E-state index contributed by atoms with van der Waals surface area (Å²) < 4.78 is 0. The van der Waals surface area contributed by atoms with E-state index in [0.717, 1.165) is 19.4 Å². The summed E-state index contributed by atoms with van der Waals surface area (Å²) in [6.45, 7) is 3.73. The first kappa shape index (κ1) is 12.8. The second-order valence-electron chi connectivity index (χ2n) is 4.33.